The van der Waals surface area contributed by atoms with Crippen molar-refractivity contribution in [3.8, 4) is 0 Å². The maximum absolute atomic E-state index is 12.0. The Labute approximate surface area is 142 Å². The van der Waals surface area contributed by atoms with Crippen LogP contribution in [0.4, 0.5) is 5.69 Å². The Morgan fingerprint density at radius 3 is 2.41 bits per heavy atom. The summed E-state index contributed by atoms with van der Waals surface area (Å²) >= 11 is 13.4. The van der Waals surface area contributed by atoms with Crippen molar-refractivity contribution in [2.75, 3.05) is 0 Å². The standard InChI is InChI=1S/C16H10Cl2N2OS/c17-11-6-2-1-5-10(11)9-14-15(21)20-16(22-14)19-13-8-4-3-7-12(13)18/h1-9H,(H,19,20,21). The highest BCUT2D eigenvalue weighted by atomic mass is 35.5. The molecule has 2 aromatic carbocycles. The molecule has 1 aliphatic heterocycles. The van der Waals surface area contributed by atoms with Crippen molar-refractivity contribution in [1.29, 1.82) is 0 Å². The molecular weight excluding hydrogens is 339 g/mol. The fraction of sp³-hybridized carbons (Fsp3) is 0. The van der Waals surface area contributed by atoms with Gasteiger partial charge in [0, 0.05) is 5.02 Å². The van der Waals surface area contributed by atoms with Crippen LogP contribution < -0.4 is 5.32 Å². The Bertz CT molecular complexity index is 802. The van der Waals surface area contributed by atoms with Gasteiger partial charge in [-0.05, 0) is 41.6 Å². The number of halogens is 2. The second kappa shape index (κ2) is 6.57. The quantitative estimate of drug-likeness (QED) is 0.785. The van der Waals surface area contributed by atoms with E-state index in [1.165, 1.54) is 11.8 Å². The van der Waals surface area contributed by atoms with Crippen molar-refractivity contribution in [2.45, 2.75) is 0 Å². The van der Waals surface area contributed by atoms with E-state index in [4.69, 9.17) is 23.2 Å². The predicted molar refractivity (Wildman–Crippen MR) is 93.7 cm³/mol. The average molecular weight is 349 g/mol. The normalized spacial score (nSPS) is 18.0. The number of carbonyl (C=O) groups is 1. The van der Waals surface area contributed by atoms with Crippen LogP contribution in [0.15, 0.2) is 58.4 Å². The average Bonchev–Trinajstić information content (AvgIpc) is 2.84. The summed E-state index contributed by atoms with van der Waals surface area (Å²) in [4.78, 5) is 16.9. The highest BCUT2D eigenvalue weighted by molar-refractivity contribution is 8.18. The second-order valence-electron chi connectivity index (χ2n) is 4.45. The molecule has 3 nitrogen and oxygen atoms in total. The third kappa shape index (κ3) is 3.35. The Hall–Kier alpha value is -1.75. The molecular formula is C16H10Cl2N2OS. The number of nitrogens with one attached hydrogen (secondary N) is 1. The summed E-state index contributed by atoms with van der Waals surface area (Å²) in [5.74, 6) is -0.198. The number of nitrogens with zero attached hydrogens (tertiary/aromatic N) is 1. The fourth-order valence-corrected chi connectivity index (χ4v) is 3.06. The number of amides is 1. The van der Waals surface area contributed by atoms with Gasteiger partial charge in [-0.3, -0.25) is 4.79 Å². The molecule has 0 radical (unpaired) electrons. The van der Waals surface area contributed by atoms with Crippen molar-refractivity contribution in [2.24, 2.45) is 4.99 Å². The van der Waals surface area contributed by atoms with E-state index in [0.717, 1.165) is 5.56 Å². The first-order valence-electron chi connectivity index (χ1n) is 6.42. The summed E-state index contributed by atoms with van der Waals surface area (Å²) in [6.45, 7) is 0. The van der Waals surface area contributed by atoms with Gasteiger partial charge in [0.05, 0.1) is 15.6 Å². The number of benzene rings is 2. The largest absolute Gasteiger partial charge is 0.300 e. The van der Waals surface area contributed by atoms with Gasteiger partial charge in [0.1, 0.15) is 0 Å². The minimum Gasteiger partial charge on any atom is -0.300 e. The van der Waals surface area contributed by atoms with Crippen LogP contribution in [0.3, 0.4) is 0 Å². The maximum atomic E-state index is 12.0. The van der Waals surface area contributed by atoms with Crippen molar-refractivity contribution < 1.29 is 4.79 Å². The number of carbonyl (C=O) groups excluding carboxylic acids is 1. The Morgan fingerprint density at radius 2 is 1.68 bits per heavy atom. The molecule has 1 saturated heterocycles. The molecule has 0 spiro atoms. The molecule has 6 heteroatoms. The Morgan fingerprint density at radius 1 is 1.00 bits per heavy atom. The highest BCUT2D eigenvalue weighted by Crippen LogP contribution is 2.31. The first-order chi connectivity index (χ1) is 10.6. The molecule has 110 valence electrons. The summed E-state index contributed by atoms with van der Waals surface area (Å²) in [5, 5.41) is 4.35. The number of hydrogen-bond donors (Lipinski definition) is 1. The molecule has 1 amide bonds. The monoisotopic (exact) mass is 348 g/mol. The van der Waals surface area contributed by atoms with Gasteiger partial charge in [0.15, 0.2) is 5.17 Å². The van der Waals surface area contributed by atoms with E-state index in [-0.39, 0.29) is 5.91 Å². The smallest absolute Gasteiger partial charge is 0.264 e. The van der Waals surface area contributed by atoms with Crippen molar-refractivity contribution in [1.82, 2.24) is 5.32 Å². The molecule has 0 saturated carbocycles. The molecule has 22 heavy (non-hydrogen) atoms. The zero-order valence-electron chi connectivity index (χ0n) is 11.2. The lowest BCUT2D eigenvalue weighted by Crippen LogP contribution is -2.19. The molecule has 1 fully saturated rings. The Balaban J connectivity index is 1.88. The zero-order chi connectivity index (χ0) is 15.5. The number of aliphatic imine (C=N–C) groups is 1. The van der Waals surface area contributed by atoms with Crippen LogP contribution >= 0.6 is 35.0 Å². The third-order valence-corrected chi connectivity index (χ3v) is 4.49. The molecule has 0 aliphatic carbocycles. The summed E-state index contributed by atoms with van der Waals surface area (Å²) in [6, 6.07) is 14.6. The number of hydrogen-bond acceptors (Lipinski definition) is 3. The van der Waals surface area contributed by atoms with Gasteiger partial charge in [-0.25, -0.2) is 4.99 Å². The van der Waals surface area contributed by atoms with E-state index < -0.39 is 0 Å². The minimum atomic E-state index is -0.198. The second-order valence-corrected chi connectivity index (χ2v) is 6.30. The van der Waals surface area contributed by atoms with Crippen LogP contribution in [-0.2, 0) is 4.79 Å². The highest BCUT2D eigenvalue weighted by Gasteiger charge is 2.24. The van der Waals surface area contributed by atoms with Crippen LogP contribution in [0, 0.1) is 0 Å². The van der Waals surface area contributed by atoms with E-state index in [1.807, 2.05) is 30.3 Å². The van der Waals surface area contributed by atoms with Gasteiger partial charge in [-0.1, -0.05) is 53.5 Å². The van der Waals surface area contributed by atoms with E-state index in [1.54, 1.807) is 24.3 Å². The molecule has 1 N–H and O–H groups in total. The van der Waals surface area contributed by atoms with Crippen molar-refractivity contribution >= 4 is 57.8 Å². The predicted octanol–water partition coefficient (Wildman–Crippen LogP) is 4.89. The lowest BCUT2D eigenvalue weighted by Gasteiger charge is -1.98. The first-order valence-corrected chi connectivity index (χ1v) is 7.99. The summed E-state index contributed by atoms with van der Waals surface area (Å²) in [7, 11) is 0. The molecule has 0 unspecified atom stereocenters. The number of thioether (sulfide) groups is 1. The number of para-hydroxylation sites is 1. The summed E-state index contributed by atoms with van der Waals surface area (Å²) < 4.78 is 0. The van der Waals surface area contributed by atoms with E-state index in [2.05, 4.69) is 10.3 Å². The van der Waals surface area contributed by atoms with Crippen LogP contribution in [0.25, 0.3) is 6.08 Å². The van der Waals surface area contributed by atoms with Crippen LogP contribution in [0.5, 0.6) is 0 Å². The van der Waals surface area contributed by atoms with E-state index in [0.29, 0.717) is 25.8 Å². The number of rotatable bonds is 2. The van der Waals surface area contributed by atoms with Gasteiger partial charge < -0.3 is 5.32 Å². The molecule has 1 heterocycles. The van der Waals surface area contributed by atoms with E-state index in [9.17, 15) is 4.79 Å². The minimum absolute atomic E-state index is 0.198. The zero-order valence-corrected chi connectivity index (χ0v) is 13.5. The fourth-order valence-electron chi connectivity index (χ4n) is 1.87. The molecule has 2 aromatic rings. The molecule has 0 aromatic heterocycles. The molecule has 3 rings (SSSR count). The van der Waals surface area contributed by atoms with Crippen molar-refractivity contribution in [3.05, 3.63) is 69.0 Å². The maximum Gasteiger partial charge on any atom is 0.264 e. The van der Waals surface area contributed by atoms with Gasteiger partial charge in [0.25, 0.3) is 5.91 Å². The lowest BCUT2D eigenvalue weighted by atomic mass is 10.2. The third-order valence-electron chi connectivity index (χ3n) is 2.92. The van der Waals surface area contributed by atoms with E-state index >= 15 is 0 Å². The van der Waals surface area contributed by atoms with Gasteiger partial charge in [0.2, 0.25) is 0 Å². The number of amidine groups is 1. The van der Waals surface area contributed by atoms with Gasteiger partial charge in [-0.2, -0.15) is 0 Å². The SMILES string of the molecule is O=C1NC(=Nc2ccccc2Cl)SC1=Cc1ccccc1Cl. The lowest BCUT2D eigenvalue weighted by molar-refractivity contribution is -0.115. The Kier molecular flexibility index (Phi) is 4.52. The van der Waals surface area contributed by atoms with Gasteiger partial charge >= 0.3 is 0 Å². The molecule has 1 aliphatic rings. The summed E-state index contributed by atoms with van der Waals surface area (Å²) in [6.07, 6.45) is 1.75. The molecule has 0 atom stereocenters. The van der Waals surface area contributed by atoms with Crippen LogP contribution in [-0.4, -0.2) is 11.1 Å². The van der Waals surface area contributed by atoms with Crippen LogP contribution in [0.2, 0.25) is 10.0 Å². The van der Waals surface area contributed by atoms with Crippen molar-refractivity contribution in [3.63, 3.8) is 0 Å². The van der Waals surface area contributed by atoms with Gasteiger partial charge in [-0.15, -0.1) is 0 Å². The summed E-state index contributed by atoms with van der Waals surface area (Å²) in [5.41, 5.74) is 1.41. The topological polar surface area (TPSA) is 41.5 Å². The molecule has 0 bridgehead atoms. The van der Waals surface area contributed by atoms with Crippen LogP contribution in [0.1, 0.15) is 5.56 Å². The first kappa shape index (κ1) is 15.2.